The highest BCUT2D eigenvalue weighted by atomic mass is 35.5. The topological polar surface area (TPSA) is 62.7 Å². The van der Waals surface area contributed by atoms with Gasteiger partial charge in [0.1, 0.15) is 5.69 Å². The Morgan fingerprint density at radius 1 is 1.16 bits per heavy atom. The zero-order valence-corrected chi connectivity index (χ0v) is 14.2. The van der Waals surface area contributed by atoms with E-state index < -0.39 is 0 Å². The van der Waals surface area contributed by atoms with Crippen LogP contribution < -0.4 is 5.32 Å². The molecule has 2 N–H and O–H groups in total. The number of halogens is 1. The number of fused-ring (bicyclic) bond motifs is 1. The van der Waals surface area contributed by atoms with Gasteiger partial charge >= 0.3 is 0 Å². The quantitative estimate of drug-likeness (QED) is 0.568. The summed E-state index contributed by atoms with van der Waals surface area (Å²) in [6.07, 6.45) is 1.75. The van der Waals surface area contributed by atoms with Gasteiger partial charge in [0, 0.05) is 33.5 Å². The largest absolute Gasteiger partial charge is 0.350 e. The second-order valence-electron chi connectivity index (χ2n) is 5.80. The number of amides is 1. The van der Waals surface area contributed by atoms with Crippen LogP contribution in [0.4, 0.5) is 5.69 Å². The van der Waals surface area contributed by atoms with Crippen molar-refractivity contribution in [1.82, 2.24) is 14.8 Å². The van der Waals surface area contributed by atoms with E-state index in [1.54, 1.807) is 18.3 Å². The lowest BCUT2D eigenvalue weighted by Gasteiger charge is -2.08. The molecule has 0 aliphatic carbocycles. The van der Waals surface area contributed by atoms with E-state index >= 15 is 0 Å². The molecule has 6 heteroatoms. The summed E-state index contributed by atoms with van der Waals surface area (Å²) in [5.74, 6) is -0.207. The van der Waals surface area contributed by atoms with Crippen LogP contribution in [0.1, 0.15) is 16.2 Å². The third-order valence-corrected chi connectivity index (χ3v) is 4.24. The minimum atomic E-state index is -0.207. The maximum Gasteiger partial charge on any atom is 0.272 e. The number of benzene rings is 2. The number of aryl methyl sites for hydroxylation is 1. The molecule has 0 unspecified atom stereocenters. The van der Waals surface area contributed by atoms with Crippen LogP contribution in [-0.2, 0) is 0 Å². The lowest BCUT2D eigenvalue weighted by molar-refractivity contribution is 0.102. The van der Waals surface area contributed by atoms with Crippen molar-refractivity contribution in [2.45, 2.75) is 6.92 Å². The molecule has 0 bridgehead atoms. The SMILES string of the molecule is Cc1ccnn1-c1cccc(NC(=O)c2cc3ccc(Cl)cc3[nH]2)c1. The Labute approximate surface area is 149 Å². The molecular formula is C19H15ClN4O. The van der Waals surface area contributed by atoms with E-state index in [4.69, 9.17) is 11.6 Å². The van der Waals surface area contributed by atoms with Crippen molar-refractivity contribution in [3.63, 3.8) is 0 Å². The van der Waals surface area contributed by atoms with Crippen LogP contribution in [0.2, 0.25) is 5.02 Å². The molecule has 4 rings (SSSR count). The molecule has 0 saturated carbocycles. The van der Waals surface area contributed by atoms with Gasteiger partial charge in [-0.25, -0.2) is 4.68 Å². The number of hydrogen-bond donors (Lipinski definition) is 2. The molecule has 1 amide bonds. The molecule has 25 heavy (non-hydrogen) atoms. The molecule has 0 saturated heterocycles. The molecule has 0 radical (unpaired) electrons. The number of nitrogens with one attached hydrogen (secondary N) is 2. The molecule has 0 aliphatic heterocycles. The zero-order chi connectivity index (χ0) is 17.4. The summed E-state index contributed by atoms with van der Waals surface area (Å²) in [4.78, 5) is 15.6. The van der Waals surface area contributed by atoms with Gasteiger partial charge in [0.25, 0.3) is 5.91 Å². The highest BCUT2D eigenvalue weighted by Crippen LogP contribution is 2.21. The number of anilines is 1. The number of hydrogen-bond acceptors (Lipinski definition) is 2. The Morgan fingerprint density at radius 2 is 2.04 bits per heavy atom. The molecule has 5 nitrogen and oxygen atoms in total. The van der Waals surface area contributed by atoms with E-state index in [-0.39, 0.29) is 5.91 Å². The van der Waals surface area contributed by atoms with Crippen molar-refractivity contribution >= 4 is 34.1 Å². The van der Waals surface area contributed by atoms with Gasteiger partial charge < -0.3 is 10.3 Å². The monoisotopic (exact) mass is 350 g/mol. The fourth-order valence-corrected chi connectivity index (χ4v) is 2.95. The van der Waals surface area contributed by atoms with Crippen molar-refractivity contribution in [2.24, 2.45) is 0 Å². The van der Waals surface area contributed by atoms with Gasteiger partial charge in [0.15, 0.2) is 0 Å². The number of rotatable bonds is 3. The van der Waals surface area contributed by atoms with Crippen molar-refractivity contribution in [3.05, 3.63) is 77.2 Å². The number of aromatic amines is 1. The van der Waals surface area contributed by atoms with Crippen LogP contribution in [0.5, 0.6) is 0 Å². The summed E-state index contributed by atoms with van der Waals surface area (Å²) >= 11 is 5.99. The van der Waals surface area contributed by atoms with Crippen molar-refractivity contribution in [3.8, 4) is 5.69 Å². The number of nitrogens with zero attached hydrogens (tertiary/aromatic N) is 2. The third kappa shape index (κ3) is 3.02. The van der Waals surface area contributed by atoms with Crippen molar-refractivity contribution in [1.29, 1.82) is 0 Å². The van der Waals surface area contributed by atoms with Gasteiger partial charge in [-0.2, -0.15) is 5.10 Å². The second-order valence-corrected chi connectivity index (χ2v) is 6.24. The first-order chi connectivity index (χ1) is 12.1. The van der Waals surface area contributed by atoms with Crippen LogP contribution in [0.3, 0.4) is 0 Å². The first kappa shape index (κ1) is 15.5. The standard InChI is InChI=1S/C19H15ClN4O/c1-12-7-8-21-24(12)16-4-2-3-15(11-16)22-19(25)18-9-13-5-6-14(20)10-17(13)23-18/h2-11,23H,1H3,(H,22,25). The smallest absolute Gasteiger partial charge is 0.272 e. The van der Waals surface area contributed by atoms with Crippen LogP contribution in [0, 0.1) is 6.92 Å². The first-order valence-electron chi connectivity index (χ1n) is 7.81. The summed E-state index contributed by atoms with van der Waals surface area (Å²) in [5.41, 5.74) is 3.94. The highest BCUT2D eigenvalue weighted by molar-refractivity contribution is 6.31. The molecule has 2 heterocycles. The van der Waals surface area contributed by atoms with Gasteiger partial charge in [-0.15, -0.1) is 0 Å². The predicted molar refractivity (Wildman–Crippen MR) is 99.6 cm³/mol. The van der Waals surface area contributed by atoms with Gasteiger partial charge in [0.2, 0.25) is 0 Å². The predicted octanol–water partition coefficient (Wildman–Crippen LogP) is 4.57. The Morgan fingerprint density at radius 3 is 2.84 bits per heavy atom. The molecule has 0 aliphatic rings. The van der Waals surface area contributed by atoms with Crippen LogP contribution in [-0.4, -0.2) is 20.7 Å². The average molecular weight is 351 g/mol. The van der Waals surface area contributed by atoms with Crippen molar-refractivity contribution < 1.29 is 4.79 Å². The van der Waals surface area contributed by atoms with Gasteiger partial charge in [-0.3, -0.25) is 4.79 Å². The Balaban J connectivity index is 1.61. The number of carbonyl (C=O) groups is 1. The van der Waals surface area contributed by atoms with Gasteiger partial charge in [-0.05, 0) is 49.4 Å². The lowest BCUT2D eigenvalue weighted by atomic mass is 10.2. The van der Waals surface area contributed by atoms with E-state index in [1.165, 1.54) is 0 Å². The molecule has 0 atom stereocenters. The zero-order valence-electron chi connectivity index (χ0n) is 13.5. The van der Waals surface area contributed by atoms with Crippen LogP contribution >= 0.6 is 11.6 Å². The van der Waals surface area contributed by atoms with E-state index in [1.807, 2.05) is 54.1 Å². The van der Waals surface area contributed by atoms with Crippen molar-refractivity contribution in [2.75, 3.05) is 5.32 Å². The molecule has 4 aromatic rings. The maximum absolute atomic E-state index is 12.5. The molecule has 2 aromatic carbocycles. The molecule has 0 spiro atoms. The molecule has 0 fully saturated rings. The Bertz CT molecular complexity index is 1080. The number of aromatic nitrogens is 3. The number of carbonyl (C=O) groups excluding carboxylic acids is 1. The lowest BCUT2D eigenvalue weighted by Crippen LogP contribution is -2.12. The maximum atomic E-state index is 12.5. The van der Waals surface area contributed by atoms with E-state index in [9.17, 15) is 4.79 Å². The van der Waals surface area contributed by atoms with Gasteiger partial charge in [-0.1, -0.05) is 23.7 Å². The third-order valence-electron chi connectivity index (χ3n) is 4.01. The molecule has 124 valence electrons. The van der Waals surface area contributed by atoms with Crippen LogP contribution in [0.25, 0.3) is 16.6 Å². The first-order valence-corrected chi connectivity index (χ1v) is 8.19. The molecule has 2 aromatic heterocycles. The fourth-order valence-electron chi connectivity index (χ4n) is 2.78. The summed E-state index contributed by atoms with van der Waals surface area (Å²) in [6, 6.07) is 16.8. The Hall–Kier alpha value is -3.05. The summed E-state index contributed by atoms with van der Waals surface area (Å²) in [5, 5.41) is 8.77. The normalized spacial score (nSPS) is 11.0. The minimum Gasteiger partial charge on any atom is -0.350 e. The number of H-pyrrole nitrogens is 1. The Kier molecular flexibility index (Phi) is 3.78. The second kappa shape index (κ2) is 6.11. The highest BCUT2D eigenvalue weighted by Gasteiger charge is 2.11. The van der Waals surface area contributed by atoms with E-state index in [2.05, 4.69) is 15.4 Å². The van der Waals surface area contributed by atoms with E-state index in [0.29, 0.717) is 16.4 Å². The minimum absolute atomic E-state index is 0.207. The molecular weight excluding hydrogens is 336 g/mol. The van der Waals surface area contributed by atoms with E-state index in [0.717, 1.165) is 22.3 Å². The van der Waals surface area contributed by atoms with Gasteiger partial charge in [0.05, 0.1) is 5.69 Å². The summed E-state index contributed by atoms with van der Waals surface area (Å²) in [6.45, 7) is 1.98. The average Bonchev–Trinajstić information content (AvgIpc) is 3.20. The summed E-state index contributed by atoms with van der Waals surface area (Å²) < 4.78 is 1.82. The van der Waals surface area contributed by atoms with Crippen LogP contribution in [0.15, 0.2) is 60.8 Å². The fraction of sp³-hybridized carbons (Fsp3) is 0.0526. The summed E-state index contributed by atoms with van der Waals surface area (Å²) in [7, 11) is 0.